The minimum absolute atomic E-state index is 0.319. The molecule has 1 nitrogen and oxygen atoms in total. The van der Waals surface area contributed by atoms with Crippen LogP contribution < -0.4 is 5.73 Å². The van der Waals surface area contributed by atoms with Crippen LogP contribution in [0.5, 0.6) is 0 Å². The van der Waals surface area contributed by atoms with E-state index in [2.05, 4.69) is 0 Å². The molecule has 0 fully saturated rings. The second kappa shape index (κ2) is 4.40. The van der Waals surface area contributed by atoms with Gasteiger partial charge in [0.25, 0.3) is 0 Å². The molecule has 70 valence electrons. The first-order valence-corrected chi connectivity index (χ1v) is 4.33. The van der Waals surface area contributed by atoms with Crippen molar-refractivity contribution in [3.8, 4) is 0 Å². The molecule has 2 N–H and O–H groups in total. The predicted octanol–water partition coefficient (Wildman–Crippen LogP) is 2.84. The monoisotopic (exact) mass is 199 g/mol. The third-order valence-electron chi connectivity index (χ3n) is 1.69. The van der Waals surface area contributed by atoms with E-state index in [-0.39, 0.29) is 5.82 Å². The summed E-state index contributed by atoms with van der Waals surface area (Å²) in [6.07, 6.45) is 1.71. The lowest BCUT2D eigenvalue weighted by atomic mass is 10.1. The zero-order valence-corrected chi connectivity index (χ0v) is 8.11. The maximum Gasteiger partial charge on any atom is 0.131 e. The first-order valence-electron chi connectivity index (χ1n) is 3.96. The summed E-state index contributed by atoms with van der Waals surface area (Å²) in [7, 11) is 0. The Bertz CT molecular complexity index is 334. The third kappa shape index (κ3) is 2.83. The average molecular weight is 200 g/mol. The molecule has 1 aromatic rings. The number of halogens is 2. The molecule has 0 aliphatic rings. The van der Waals surface area contributed by atoms with E-state index in [0.29, 0.717) is 17.1 Å². The SMILES string of the molecule is C/C(=C/c1ccc(Cl)cc1F)CN. The van der Waals surface area contributed by atoms with Crippen molar-refractivity contribution < 1.29 is 4.39 Å². The van der Waals surface area contributed by atoms with Crippen molar-refractivity contribution in [1.29, 1.82) is 0 Å². The molecule has 1 aromatic carbocycles. The second-order valence-corrected chi connectivity index (χ2v) is 3.30. The molecule has 0 aliphatic heterocycles. The van der Waals surface area contributed by atoms with Crippen LogP contribution in [0, 0.1) is 5.82 Å². The van der Waals surface area contributed by atoms with Crippen LogP contribution in [-0.2, 0) is 0 Å². The van der Waals surface area contributed by atoms with Crippen LogP contribution in [0.4, 0.5) is 4.39 Å². The van der Waals surface area contributed by atoms with Gasteiger partial charge in [-0.3, -0.25) is 0 Å². The van der Waals surface area contributed by atoms with Gasteiger partial charge in [-0.25, -0.2) is 4.39 Å². The smallest absolute Gasteiger partial charge is 0.131 e. The molecule has 0 heterocycles. The van der Waals surface area contributed by atoms with Gasteiger partial charge >= 0.3 is 0 Å². The summed E-state index contributed by atoms with van der Waals surface area (Å²) in [6, 6.07) is 4.58. The van der Waals surface area contributed by atoms with Crippen LogP contribution in [-0.4, -0.2) is 6.54 Å². The molecule has 0 aromatic heterocycles. The van der Waals surface area contributed by atoms with Crippen LogP contribution in [0.1, 0.15) is 12.5 Å². The highest BCUT2D eigenvalue weighted by Crippen LogP contribution is 2.16. The Morgan fingerprint density at radius 3 is 2.85 bits per heavy atom. The summed E-state index contributed by atoms with van der Waals surface area (Å²) < 4.78 is 13.2. The highest BCUT2D eigenvalue weighted by molar-refractivity contribution is 6.30. The van der Waals surface area contributed by atoms with Crippen LogP contribution >= 0.6 is 11.6 Å². The molecule has 0 bridgehead atoms. The van der Waals surface area contributed by atoms with Crippen molar-refractivity contribution in [2.24, 2.45) is 5.73 Å². The van der Waals surface area contributed by atoms with Crippen molar-refractivity contribution in [2.75, 3.05) is 6.54 Å². The molecule has 0 aliphatic carbocycles. The fraction of sp³-hybridized carbons (Fsp3) is 0.200. The average Bonchev–Trinajstić information content (AvgIpc) is 2.09. The lowest BCUT2D eigenvalue weighted by Crippen LogP contribution is -1.99. The summed E-state index contributed by atoms with van der Waals surface area (Å²) in [5.41, 5.74) is 6.84. The van der Waals surface area contributed by atoms with Crippen LogP contribution in [0.15, 0.2) is 23.8 Å². The van der Waals surface area contributed by atoms with Gasteiger partial charge in [0.1, 0.15) is 5.82 Å². The van der Waals surface area contributed by atoms with Gasteiger partial charge in [-0.2, -0.15) is 0 Å². The van der Waals surface area contributed by atoms with Crippen molar-refractivity contribution in [3.05, 3.63) is 40.2 Å². The minimum Gasteiger partial charge on any atom is -0.327 e. The van der Waals surface area contributed by atoms with Gasteiger partial charge in [0.05, 0.1) is 0 Å². The lowest BCUT2D eigenvalue weighted by molar-refractivity contribution is 0.625. The Balaban J connectivity index is 3.03. The summed E-state index contributed by atoms with van der Waals surface area (Å²) in [5, 5.41) is 0.403. The van der Waals surface area contributed by atoms with Gasteiger partial charge in [-0.15, -0.1) is 0 Å². The molecular weight excluding hydrogens is 189 g/mol. The predicted molar refractivity (Wildman–Crippen MR) is 54.1 cm³/mol. The minimum atomic E-state index is -0.319. The van der Waals surface area contributed by atoms with Gasteiger partial charge in [0.2, 0.25) is 0 Å². The zero-order valence-electron chi connectivity index (χ0n) is 7.35. The van der Waals surface area contributed by atoms with Crippen LogP contribution in [0.25, 0.3) is 6.08 Å². The third-order valence-corrected chi connectivity index (χ3v) is 1.92. The van der Waals surface area contributed by atoms with E-state index in [4.69, 9.17) is 17.3 Å². The molecule has 0 atom stereocenters. The molecule has 1 rings (SSSR count). The summed E-state index contributed by atoms with van der Waals surface area (Å²) in [6.45, 7) is 2.29. The quantitative estimate of drug-likeness (QED) is 0.779. The lowest BCUT2D eigenvalue weighted by Gasteiger charge is -1.99. The molecular formula is C10H11ClFN. The number of hydrogen-bond donors (Lipinski definition) is 1. The molecule has 0 radical (unpaired) electrons. The van der Waals surface area contributed by atoms with Gasteiger partial charge in [0.15, 0.2) is 0 Å². The van der Waals surface area contributed by atoms with E-state index in [1.54, 1.807) is 18.2 Å². The molecule has 0 unspecified atom stereocenters. The van der Waals surface area contributed by atoms with E-state index < -0.39 is 0 Å². The molecule has 13 heavy (non-hydrogen) atoms. The summed E-state index contributed by atoms with van der Waals surface area (Å²) in [4.78, 5) is 0. The van der Waals surface area contributed by atoms with E-state index in [9.17, 15) is 4.39 Å². The van der Waals surface area contributed by atoms with Crippen LogP contribution in [0.2, 0.25) is 5.02 Å². The second-order valence-electron chi connectivity index (χ2n) is 2.86. The zero-order chi connectivity index (χ0) is 9.84. The van der Waals surface area contributed by atoms with Gasteiger partial charge in [0, 0.05) is 17.1 Å². The molecule has 3 heteroatoms. The van der Waals surface area contributed by atoms with E-state index in [1.807, 2.05) is 6.92 Å². The van der Waals surface area contributed by atoms with Crippen molar-refractivity contribution in [2.45, 2.75) is 6.92 Å². The van der Waals surface area contributed by atoms with Crippen molar-refractivity contribution in [3.63, 3.8) is 0 Å². The molecule has 0 amide bonds. The fourth-order valence-corrected chi connectivity index (χ4v) is 1.10. The summed E-state index contributed by atoms with van der Waals surface area (Å²) >= 11 is 5.60. The van der Waals surface area contributed by atoms with Crippen LogP contribution in [0.3, 0.4) is 0 Å². The topological polar surface area (TPSA) is 26.0 Å². The van der Waals surface area contributed by atoms with E-state index in [1.165, 1.54) is 6.07 Å². The van der Waals surface area contributed by atoms with E-state index >= 15 is 0 Å². The Morgan fingerprint density at radius 2 is 2.31 bits per heavy atom. The van der Waals surface area contributed by atoms with Gasteiger partial charge in [-0.1, -0.05) is 29.3 Å². The molecule has 0 saturated carbocycles. The highest BCUT2D eigenvalue weighted by Gasteiger charge is 1.99. The van der Waals surface area contributed by atoms with Crippen molar-refractivity contribution in [1.82, 2.24) is 0 Å². The maximum atomic E-state index is 13.2. The standard InChI is InChI=1S/C10H11ClFN/c1-7(6-13)4-8-2-3-9(11)5-10(8)12/h2-5H,6,13H2,1H3/b7-4-. The summed E-state index contributed by atoms with van der Waals surface area (Å²) in [5.74, 6) is -0.319. The highest BCUT2D eigenvalue weighted by atomic mass is 35.5. The Labute approximate surface area is 82.0 Å². The number of benzene rings is 1. The van der Waals surface area contributed by atoms with Crippen molar-refractivity contribution >= 4 is 17.7 Å². The number of rotatable bonds is 2. The largest absolute Gasteiger partial charge is 0.327 e. The Hall–Kier alpha value is -0.860. The number of hydrogen-bond acceptors (Lipinski definition) is 1. The van der Waals surface area contributed by atoms with Gasteiger partial charge < -0.3 is 5.73 Å². The maximum absolute atomic E-state index is 13.2. The van der Waals surface area contributed by atoms with Gasteiger partial charge in [-0.05, 0) is 19.1 Å². The fourth-order valence-electron chi connectivity index (χ4n) is 0.943. The normalized spacial score (nSPS) is 11.8. The molecule has 0 spiro atoms. The first kappa shape index (κ1) is 10.2. The Morgan fingerprint density at radius 1 is 1.62 bits per heavy atom. The first-order chi connectivity index (χ1) is 6.13. The molecule has 0 saturated heterocycles. The van der Waals surface area contributed by atoms with E-state index in [0.717, 1.165) is 5.57 Å². The number of nitrogens with two attached hydrogens (primary N) is 1. The Kier molecular flexibility index (Phi) is 3.46.